The molecule has 2 heterocycles. The summed E-state index contributed by atoms with van der Waals surface area (Å²) < 4.78 is 56.3. The Labute approximate surface area is 313 Å². The number of alkyl carbamates (subject to hydrolysis) is 1. The van der Waals surface area contributed by atoms with Gasteiger partial charge in [0.2, 0.25) is 5.60 Å². The highest BCUT2D eigenvalue weighted by Crippen LogP contribution is 2.47. The third-order valence-corrected chi connectivity index (χ3v) is 9.40. The lowest BCUT2D eigenvalue weighted by atomic mass is 9.91. The maximum absolute atomic E-state index is 14.9. The molecule has 2 aliphatic heterocycles. The van der Waals surface area contributed by atoms with E-state index in [0.717, 1.165) is 17.7 Å². The van der Waals surface area contributed by atoms with E-state index in [9.17, 15) is 32.3 Å². The van der Waals surface area contributed by atoms with Crippen molar-refractivity contribution in [3.63, 3.8) is 0 Å². The van der Waals surface area contributed by atoms with Gasteiger partial charge in [-0.1, -0.05) is 60.7 Å². The summed E-state index contributed by atoms with van der Waals surface area (Å²) in [5.74, 6) is -2.24. The molecule has 54 heavy (non-hydrogen) atoms. The van der Waals surface area contributed by atoms with Gasteiger partial charge in [0.25, 0.3) is 11.8 Å². The van der Waals surface area contributed by atoms with Crippen molar-refractivity contribution >= 4 is 29.6 Å². The zero-order chi connectivity index (χ0) is 39.4. The van der Waals surface area contributed by atoms with E-state index in [1.54, 1.807) is 89.2 Å². The highest BCUT2D eigenvalue weighted by Gasteiger charge is 2.48. The number of nitrogens with zero attached hydrogens (tertiary/aromatic N) is 3. The number of hydroxylamine groups is 2. The summed E-state index contributed by atoms with van der Waals surface area (Å²) in [6, 6.07) is 18.1. The van der Waals surface area contributed by atoms with Crippen LogP contribution in [-0.2, 0) is 37.5 Å². The molecule has 0 saturated carbocycles. The molecule has 11 nitrogen and oxygen atoms in total. The molecule has 1 fully saturated rings. The maximum atomic E-state index is 14.9. The van der Waals surface area contributed by atoms with Gasteiger partial charge in [0.05, 0.1) is 28.8 Å². The SMILES string of the molecule is CC(C)N(C(=O)c1cc2c(cc1C(F)(F)F)OC(C)(c1ccccc1)C(=O)N2CCNC(=O)OCc1ccccc1)[C@@H]1CCCN(OC(=O)C(C)(C)C)C1. The molecule has 3 aromatic carbocycles. The molecule has 0 aliphatic carbocycles. The number of nitrogens with one attached hydrogen (secondary N) is 1. The number of benzene rings is 3. The van der Waals surface area contributed by atoms with Gasteiger partial charge < -0.3 is 29.4 Å². The first-order chi connectivity index (χ1) is 25.4. The largest absolute Gasteiger partial charge is 0.471 e. The molecule has 5 rings (SSSR count). The van der Waals surface area contributed by atoms with Crippen molar-refractivity contribution in [1.82, 2.24) is 15.3 Å². The van der Waals surface area contributed by atoms with Gasteiger partial charge >= 0.3 is 18.2 Å². The molecule has 2 atom stereocenters. The molecular formula is C40H47F3N4O7. The number of halogens is 3. The lowest BCUT2D eigenvalue weighted by Gasteiger charge is -2.43. The van der Waals surface area contributed by atoms with E-state index in [-0.39, 0.29) is 37.7 Å². The van der Waals surface area contributed by atoms with Gasteiger partial charge in [-0.15, -0.1) is 5.06 Å². The highest BCUT2D eigenvalue weighted by molar-refractivity contribution is 6.05. The van der Waals surface area contributed by atoms with Crippen LogP contribution in [0.2, 0.25) is 0 Å². The lowest BCUT2D eigenvalue weighted by Crippen LogP contribution is -2.54. The second-order valence-electron chi connectivity index (χ2n) is 14.9. The number of hydrogen-bond donors (Lipinski definition) is 1. The number of amides is 3. The predicted molar refractivity (Wildman–Crippen MR) is 194 cm³/mol. The summed E-state index contributed by atoms with van der Waals surface area (Å²) in [5, 5.41) is 4.06. The number of carbonyl (C=O) groups excluding carboxylic acids is 4. The zero-order valence-corrected chi connectivity index (χ0v) is 31.4. The number of alkyl halides is 3. The van der Waals surface area contributed by atoms with Gasteiger partial charge in [-0.25, -0.2) is 9.59 Å². The van der Waals surface area contributed by atoms with Crippen molar-refractivity contribution in [2.24, 2.45) is 5.41 Å². The first kappa shape index (κ1) is 40.1. The van der Waals surface area contributed by atoms with Crippen LogP contribution in [0.15, 0.2) is 72.8 Å². The molecule has 3 amide bonds. The molecule has 1 saturated heterocycles. The lowest BCUT2D eigenvalue weighted by molar-refractivity contribution is -0.208. The molecule has 0 aromatic heterocycles. The Morgan fingerprint density at radius 1 is 1.02 bits per heavy atom. The van der Waals surface area contributed by atoms with E-state index < -0.39 is 64.3 Å². The molecular weight excluding hydrogens is 705 g/mol. The quantitative estimate of drug-likeness (QED) is 0.233. The number of fused-ring (bicyclic) bond motifs is 1. The standard InChI is InChI=1S/C40H47F3N4O7/c1-26(2)47(29-18-13-20-45(24-29)54-36(50)38(3,4)5)34(48)30-22-32-33(23-31(30)40(41,42)43)53-39(6,28-16-11-8-12-17-28)35(49)46(32)21-19-44-37(51)52-25-27-14-9-7-10-15-27/h7-12,14-17,22-23,26,29H,13,18-21,24-25H2,1-6H3,(H,44,51)/t29-,39?/m1/s1. The van der Waals surface area contributed by atoms with Gasteiger partial charge in [-0.2, -0.15) is 13.2 Å². The van der Waals surface area contributed by atoms with Crippen LogP contribution < -0.4 is 15.0 Å². The minimum absolute atomic E-state index is 0.00783. The van der Waals surface area contributed by atoms with E-state index in [0.29, 0.717) is 24.9 Å². The summed E-state index contributed by atoms with van der Waals surface area (Å²) in [5.41, 5.74) is -3.31. The number of anilines is 1. The van der Waals surface area contributed by atoms with Gasteiger partial charge in [-0.3, -0.25) is 9.59 Å². The number of piperidine rings is 1. The fourth-order valence-electron chi connectivity index (χ4n) is 6.55. The second kappa shape index (κ2) is 16.1. The van der Waals surface area contributed by atoms with Gasteiger partial charge in [0.1, 0.15) is 12.4 Å². The molecule has 290 valence electrons. The second-order valence-corrected chi connectivity index (χ2v) is 14.9. The number of ether oxygens (including phenoxy) is 2. The smallest absolute Gasteiger partial charge is 0.417 e. The van der Waals surface area contributed by atoms with Crippen LogP contribution in [0.5, 0.6) is 5.75 Å². The van der Waals surface area contributed by atoms with Gasteiger partial charge in [0.15, 0.2) is 0 Å². The Bertz CT molecular complexity index is 1830. The molecule has 2 aliphatic rings. The minimum Gasteiger partial charge on any atom is -0.471 e. The van der Waals surface area contributed by atoms with Crippen LogP contribution in [0.1, 0.15) is 81.4 Å². The number of rotatable bonds is 10. The molecule has 1 N–H and O–H groups in total. The third-order valence-electron chi connectivity index (χ3n) is 9.40. The van der Waals surface area contributed by atoms with Crippen molar-refractivity contribution in [2.45, 2.75) is 84.9 Å². The third kappa shape index (κ3) is 8.98. The fourth-order valence-corrected chi connectivity index (χ4v) is 6.55. The van der Waals surface area contributed by atoms with Crippen LogP contribution in [0.3, 0.4) is 0 Å². The number of hydrogen-bond acceptors (Lipinski definition) is 8. The highest BCUT2D eigenvalue weighted by atomic mass is 19.4. The van der Waals surface area contributed by atoms with Crippen molar-refractivity contribution in [1.29, 1.82) is 0 Å². The fraction of sp³-hybridized carbons (Fsp3) is 0.450. The van der Waals surface area contributed by atoms with E-state index in [1.807, 2.05) is 6.07 Å². The van der Waals surface area contributed by atoms with Crippen LogP contribution in [0.25, 0.3) is 0 Å². The Kier molecular flexibility index (Phi) is 11.9. The van der Waals surface area contributed by atoms with E-state index in [4.69, 9.17) is 14.3 Å². The Morgan fingerprint density at radius 3 is 2.28 bits per heavy atom. The first-order valence-electron chi connectivity index (χ1n) is 18.0. The minimum atomic E-state index is -4.98. The average molecular weight is 753 g/mol. The van der Waals surface area contributed by atoms with Crippen LogP contribution >= 0.6 is 0 Å². The number of carbonyl (C=O) groups is 4. The molecule has 3 aromatic rings. The maximum Gasteiger partial charge on any atom is 0.417 e. The molecule has 14 heteroatoms. The zero-order valence-electron chi connectivity index (χ0n) is 31.4. The summed E-state index contributed by atoms with van der Waals surface area (Å²) >= 11 is 0. The summed E-state index contributed by atoms with van der Waals surface area (Å²) in [7, 11) is 0. The van der Waals surface area contributed by atoms with Crippen molar-refractivity contribution < 1.29 is 46.7 Å². The average Bonchev–Trinajstić information content (AvgIpc) is 3.12. The summed E-state index contributed by atoms with van der Waals surface area (Å²) in [6.45, 7) is 10.2. The monoisotopic (exact) mass is 752 g/mol. The van der Waals surface area contributed by atoms with E-state index in [2.05, 4.69) is 5.32 Å². The Hall–Kier alpha value is -5.11. The van der Waals surface area contributed by atoms with Crippen LogP contribution in [-0.4, -0.2) is 72.1 Å². The van der Waals surface area contributed by atoms with Crippen LogP contribution in [0.4, 0.5) is 23.7 Å². The normalized spacial score (nSPS) is 19.1. The Morgan fingerprint density at radius 2 is 1.67 bits per heavy atom. The van der Waals surface area contributed by atoms with Gasteiger partial charge in [-0.05, 0) is 72.1 Å². The van der Waals surface area contributed by atoms with E-state index >= 15 is 0 Å². The topological polar surface area (TPSA) is 118 Å². The Balaban J connectivity index is 1.49. The van der Waals surface area contributed by atoms with Crippen molar-refractivity contribution in [2.75, 3.05) is 31.1 Å². The molecule has 0 radical (unpaired) electrons. The molecule has 0 bridgehead atoms. The predicted octanol–water partition coefficient (Wildman–Crippen LogP) is 7.09. The first-order valence-corrected chi connectivity index (χ1v) is 18.0. The van der Waals surface area contributed by atoms with Gasteiger partial charge in [0, 0.05) is 37.3 Å². The van der Waals surface area contributed by atoms with Crippen LogP contribution in [0, 0.1) is 5.41 Å². The van der Waals surface area contributed by atoms with Crippen molar-refractivity contribution in [3.05, 3.63) is 95.1 Å². The summed E-state index contributed by atoms with van der Waals surface area (Å²) in [4.78, 5) is 62.2. The van der Waals surface area contributed by atoms with Crippen molar-refractivity contribution in [3.8, 4) is 5.75 Å². The van der Waals surface area contributed by atoms with E-state index in [1.165, 1.54) is 21.8 Å². The molecule has 0 spiro atoms. The summed E-state index contributed by atoms with van der Waals surface area (Å²) in [6.07, 6.45) is -4.73. The molecule has 1 unspecified atom stereocenters.